The van der Waals surface area contributed by atoms with Gasteiger partial charge in [-0.25, -0.2) is 9.67 Å². The first-order valence-corrected chi connectivity index (χ1v) is 9.48. The zero-order valence-corrected chi connectivity index (χ0v) is 16.6. The normalized spacial score (nSPS) is 10.4. The average molecular weight is 413 g/mol. The lowest BCUT2D eigenvalue weighted by Crippen LogP contribution is -2.42. The van der Waals surface area contributed by atoms with Crippen LogP contribution in [0, 0.1) is 0 Å². The zero-order chi connectivity index (χ0) is 21.6. The van der Waals surface area contributed by atoms with Crippen LogP contribution >= 0.6 is 0 Å². The number of amides is 2. The minimum Gasteiger partial charge on any atom is -0.497 e. The molecule has 0 saturated carbocycles. The minimum atomic E-state index is -0.636. The van der Waals surface area contributed by atoms with Crippen molar-refractivity contribution in [2.24, 2.45) is 0 Å². The lowest BCUT2D eigenvalue weighted by atomic mass is 10.2. The Balaban J connectivity index is 1.57. The number of rotatable bonds is 5. The van der Waals surface area contributed by atoms with Gasteiger partial charge in [0.1, 0.15) is 5.75 Å². The van der Waals surface area contributed by atoms with Crippen LogP contribution in [0.2, 0.25) is 0 Å². The van der Waals surface area contributed by atoms with Crippen molar-refractivity contribution in [1.82, 2.24) is 25.6 Å². The van der Waals surface area contributed by atoms with Gasteiger partial charge in [-0.05, 0) is 30.3 Å². The second-order valence-electron chi connectivity index (χ2n) is 6.51. The fourth-order valence-electron chi connectivity index (χ4n) is 2.94. The van der Waals surface area contributed by atoms with Gasteiger partial charge in [-0.15, -0.1) is 5.10 Å². The largest absolute Gasteiger partial charge is 0.497 e. The molecule has 0 fully saturated rings. The molecule has 2 amide bonds. The number of hydrogen-bond acceptors (Lipinski definition) is 5. The summed E-state index contributed by atoms with van der Waals surface area (Å²) in [6.07, 6.45) is 0. The highest BCUT2D eigenvalue weighted by Gasteiger charge is 2.19. The molecule has 31 heavy (non-hydrogen) atoms. The van der Waals surface area contributed by atoms with Gasteiger partial charge in [0.2, 0.25) is 5.82 Å². The van der Waals surface area contributed by atoms with Crippen LogP contribution in [0.15, 0.2) is 84.9 Å². The number of hydrogen-bond donors (Lipinski definition) is 2. The highest BCUT2D eigenvalue weighted by atomic mass is 16.5. The second kappa shape index (κ2) is 8.91. The number of carbonyl (C=O) groups is 2. The number of methoxy groups -OCH3 is 1. The van der Waals surface area contributed by atoms with E-state index in [1.54, 1.807) is 28.9 Å². The summed E-state index contributed by atoms with van der Waals surface area (Å²) < 4.78 is 6.70. The Hall–Kier alpha value is -4.46. The fraction of sp³-hybridized carbons (Fsp3) is 0.0435. The molecule has 1 heterocycles. The van der Waals surface area contributed by atoms with Gasteiger partial charge in [0.25, 0.3) is 5.91 Å². The molecule has 1 aromatic heterocycles. The van der Waals surface area contributed by atoms with Crippen LogP contribution in [0.5, 0.6) is 5.75 Å². The Bertz CT molecular complexity index is 1150. The molecule has 154 valence electrons. The molecular weight excluding hydrogens is 394 g/mol. The van der Waals surface area contributed by atoms with Gasteiger partial charge in [-0.2, -0.15) is 0 Å². The number of benzene rings is 3. The molecule has 0 bridgehead atoms. The van der Waals surface area contributed by atoms with Gasteiger partial charge in [0, 0.05) is 11.1 Å². The molecule has 3 aromatic carbocycles. The minimum absolute atomic E-state index is 0.0753. The summed E-state index contributed by atoms with van der Waals surface area (Å²) in [5.74, 6) is -0.152. The third-order valence-corrected chi connectivity index (χ3v) is 4.46. The Morgan fingerprint density at radius 3 is 2.23 bits per heavy atom. The number of nitrogens with zero attached hydrogens (tertiary/aromatic N) is 3. The van der Waals surface area contributed by atoms with E-state index in [0.29, 0.717) is 17.1 Å². The first-order valence-electron chi connectivity index (χ1n) is 9.48. The predicted octanol–water partition coefficient (Wildman–Crippen LogP) is 3.02. The molecule has 2 N–H and O–H groups in total. The van der Waals surface area contributed by atoms with Crippen LogP contribution in [-0.4, -0.2) is 33.7 Å². The van der Waals surface area contributed by atoms with E-state index in [1.165, 1.54) is 7.11 Å². The van der Waals surface area contributed by atoms with Crippen LogP contribution in [0.4, 0.5) is 0 Å². The van der Waals surface area contributed by atoms with E-state index in [-0.39, 0.29) is 5.82 Å². The molecule has 0 unspecified atom stereocenters. The average Bonchev–Trinajstić information content (AvgIpc) is 3.29. The summed E-state index contributed by atoms with van der Waals surface area (Å²) >= 11 is 0. The van der Waals surface area contributed by atoms with Crippen LogP contribution in [0.25, 0.3) is 17.1 Å². The smallest absolute Gasteiger partial charge is 0.309 e. The first kappa shape index (κ1) is 19.8. The molecule has 4 aromatic rings. The molecule has 0 spiro atoms. The van der Waals surface area contributed by atoms with Crippen molar-refractivity contribution in [1.29, 1.82) is 0 Å². The monoisotopic (exact) mass is 413 g/mol. The number of para-hydroxylation sites is 1. The summed E-state index contributed by atoms with van der Waals surface area (Å²) in [5.41, 5.74) is 6.64. The lowest BCUT2D eigenvalue weighted by molar-refractivity contribution is 0.0841. The molecule has 0 saturated heterocycles. The predicted molar refractivity (Wildman–Crippen MR) is 115 cm³/mol. The number of carbonyl (C=O) groups excluding carboxylic acids is 2. The van der Waals surface area contributed by atoms with Crippen LogP contribution < -0.4 is 15.6 Å². The van der Waals surface area contributed by atoms with Crippen molar-refractivity contribution in [2.75, 3.05) is 7.11 Å². The van der Waals surface area contributed by atoms with Gasteiger partial charge < -0.3 is 4.74 Å². The highest BCUT2D eigenvalue weighted by Crippen LogP contribution is 2.21. The van der Waals surface area contributed by atoms with Crippen molar-refractivity contribution in [3.05, 3.63) is 96.3 Å². The first-order chi connectivity index (χ1) is 15.2. The van der Waals surface area contributed by atoms with E-state index in [0.717, 1.165) is 11.3 Å². The molecule has 0 aliphatic heterocycles. The highest BCUT2D eigenvalue weighted by molar-refractivity contribution is 5.98. The van der Waals surface area contributed by atoms with Crippen LogP contribution in [0.3, 0.4) is 0 Å². The summed E-state index contributed by atoms with van der Waals surface area (Å²) in [6.45, 7) is 0. The molecule has 4 rings (SSSR count). The van der Waals surface area contributed by atoms with Crippen molar-refractivity contribution in [3.8, 4) is 22.8 Å². The fourth-order valence-corrected chi connectivity index (χ4v) is 2.94. The van der Waals surface area contributed by atoms with Crippen molar-refractivity contribution >= 4 is 11.8 Å². The van der Waals surface area contributed by atoms with E-state index in [1.807, 2.05) is 60.7 Å². The van der Waals surface area contributed by atoms with Gasteiger partial charge >= 0.3 is 5.91 Å². The Labute approximate surface area is 178 Å². The van der Waals surface area contributed by atoms with E-state index < -0.39 is 11.8 Å². The second-order valence-corrected chi connectivity index (χ2v) is 6.51. The number of ether oxygens (including phenoxy) is 1. The molecule has 8 heteroatoms. The molecule has 8 nitrogen and oxygen atoms in total. The van der Waals surface area contributed by atoms with Gasteiger partial charge in [-0.1, -0.05) is 54.6 Å². The van der Waals surface area contributed by atoms with Gasteiger partial charge in [0.15, 0.2) is 5.82 Å². The molecule has 0 atom stereocenters. The standard InChI is InChI=1S/C23H19N5O3/c1-31-19-14-8-11-17(15-19)22(29)25-26-23(30)20-24-21(16-9-4-2-5-10-16)28(27-20)18-12-6-3-7-13-18/h2-15H,1H3,(H,25,29)(H,26,30). The van der Waals surface area contributed by atoms with Crippen molar-refractivity contribution in [2.45, 2.75) is 0 Å². The lowest BCUT2D eigenvalue weighted by Gasteiger charge is -2.06. The quantitative estimate of drug-likeness (QED) is 0.490. The molecule has 0 aliphatic carbocycles. The number of nitrogens with one attached hydrogen (secondary N) is 2. The zero-order valence-electron chi connectivity index (χ0n) is 16.6. The van der Waals surface area contributed by atoms with Gasteiger partial charge in [0.05, 0.1) is 12.8 Å². The summed E-state index contributed by atoms with van der Waals surface area (Å²) in [4.78, 5) is 29.4. The molecule has 0 aliphatic rings. The summed E-state index contributed by atoms with van der Waals surface area (Å²) in [6, 6.07) is 25.4. The van der Waals surface area contributed by atoms with E-state index in [4.69, 9.17) is 4.74 Å². The van der Waals surface area contributed by atoms with E-state index in [9.17, 15) is 9.59 Å². The van der Waals surface area contributed by atoms with Crippen molar-refractivity contribution < 1.29 is 14.3 Å². The van der Waals surface area contributed by atoms with E-state index >= 15 is 0 Å². The summed E-state index contributed by atoms with van der Waals surface area (Å²) in [5, 5.41) is 4.36. The topological polar surface area (TPSA) is 98.1 Å². The van der Waals surface area contributed by atoms with Crippen molar-refractivity contribution in [3.63, 3.8) is 0 Å². The maximum Gasteiger partial charge on any atom is 0.309 e. The van der Waals surface area contributed by atoms with Crippen LogP contribution in [0.1, 0.15) is 21.0 Å². The van der Waals surface area contributed by atoms with E-state index in [2.05, 4.69) is 20.9 Å². The maximum atomic E-state index is 12.6. The van der Waals surface area contributed by atoms with Gasteiger partial charge in [-0.3, -0.25) is 20.4 Å². The Morgan fingerprint density at radius 2 is 1.52 bits per heavy atom. The third-order valence-electron chi connectivity index (χ3n) is 4.46. The molecule has 0 radical (unpaired) electrons. The Kier molecular flexibility index (Phi) is 5.70. The summed E-state index contributed by atoms with van der Waals surface area (Å²) in [7, 11) is 1.51. The third kappa shape index (κ3) is 4.43. The maximum absolute atomic E-state index is 12.6. The SMILES string of the molecule is COc1cccc(C(=O)NNC(=O)c2nc(-c3ccccc3)n(-c3ccccc3)n2)c1. The molecular formula is C23H19N5O3. The van der Waals surface area contributed by atoms with Crippen LogP contribution in [-0.2, 0) is 0 Å². The number of hydrazine groups is 1. The number of aromatic nitrogens is 3. The Morgan fingerprint density at radius 1 is 0.839 bits per heavy atom.